The Hall–Kier alpha value is -3.60. The number of amides is 1. The van der Waals surface area contributed by atoms with Gasteiger partial charge in [-0.2, -0.15) is 0 Å². The summed E-state index contributed by atoms with van der Waals surface area (Å²) in [6.07, 6.45) is 0. The van der Waals surface area contributed by atoms with Crippen molar-refractivity contribution in [1.29, 1.82) is 0 Å². The van der Waals surface area contributed by atoms with E-state index >= 15 is 0 Å². The number of carbonyl (C=O) groups excluding carboxylic acids is 2. The average Bonchev–Trinajstić information content (AvgIpc) is 2.74. The number of carbonyl (C=O) groups is 2. The molecule has 0 unspecified atom stereocenters. The minimum Gasteiger partial charge on any atom is -0.452 e. The van der Waals surface area contributed by atoms with Crippen molar-refractivity contribution in [3.05, 3.63) is 90.5 Å². The molecule has 142 valence electrons. The zero-order chi connectivity index (χ0) is 19.8. The molecule has 3 aromatic carbocycles. The van der Waals surface area contributed by atoms with Crippen LogP contribution in [0.1, 0.15) is 17.3 Å². The summed E-state index contributed by atoms with van der Waals surface area (Å²) in [5.74, 6) is -0.813. The van der Waals surface area contributed by atoms with E-state index in [0.717, 1.165) is 11.4 Å². The van der Waals surface area contributed by atoms with Gasteiger partial charge < -0.3 is 15.0 Å². The van der Waals surface area contributed by atoms with Crippen molar-refractivity contribution in [3.8, 4) is 0 Å². The van der Waals surface area contributed by atoms with Crippen LogP contribution in [0.2, 0.25) is 0 Å². The van der Waals surface area contributed by atoms with Crippen LogP contribution in [0.4, 0.5) is 17.1 Å². The maximum atomic E-state index is 12.6. The Morgan fingerprint density at radius 2 is 1.46 bits per heavy atom. The quantitative estimate of drug-likeness (QED) is 0.612. The van der Waals surface area contributed by atoms with Gasteiger partial charge in [-0.15, -0.1) is 0 Å². The number of rotatable bonds is 7. The number of hydrogen-bond donors (Lipinski definition) is 1. The number of hydrogen-bond acceptors (Lipinski definition) is 4. The first-order valence-electron chi connectivity index (χ1n) is 9.12. The molecular weight excluding hydrogens is 352 g/mol. The zero-order valence-corrected chi connectivity index (χ0v) is 15.7. The maximum absolute atomic E-state index is 12.6. The zero-order valence-electron chi connectivity index (χ0n) is 15.7. The third-order valence-electron chi connectivity index (χ3n) is 4.21. The molecule has 0 bridgehead atoms. The Labute approximate surface area is 164 Å². The summed E-state index contributed by atoms with van der Waals surface area (Å²) < 4.78 is 5.30. The summed E-state index contributed by atoms with van der Waals surface area (Å²) in [5, 5.41) is 3.20. The predicted molar refractivity (Wildman–Crippen MR) is 111 cm³/mol. The highest BCUT2D eigenvalue weighted by Gasteiger charge is 2.18. The van der Waals surface area contributed by atoms with E-state index in [9.17, 15) is 9.59 Å². The molecule has 0 atom stereocenters. The van der Waals surface area contributed by atoms with Gasteiger partial charge in [-0.1, -0.05) is 48.5 Å². The highest BCUT2D eigenvalue weighted by atomic mass is 16.5. The first-order valence-corrected chi connectivity index (χ1v) is 9.12. The van der Waals surface area contributed by atoms with Gasteiger partial charge in [0.05, 0.1) is 11.3 Å². The van der Waals surface area contributed by atoms with Crippen LogP contribution in [0.5, 0.6) is 0 Å². The molecule has 0 radical (unpaired) electrons. The molecule has 5 nitrogen and oxygen atoms in total. The first-order chi connectivity index (χ1) is 13.7. The monoisotopic (exact) mass is 374 g/mol. The molecule has 0 heterocycles. The molecule has 28 heavy (non-hydrogen) atoms. The molecule has 0 aromatic heterocycles. The van der Waals surface area contributed by atoms with Crippen LogP contribution in [-0.2, 0) is 9.53 Å². The second-order valence-electron chi connectivity index (χ2n) is 6.09. The largest absolute Gasteiger partial charge is 0.452 e. The maximum Gasteiger partial charge on any atom is 0.340 e. The van der Waals surface area contributed by atoms with Crippen molar-refractivity contribution < 1.29 is 14.3 Å². The third kappa shape index (κ3) is 4.76. The summed E-state index contributed by atoms with van der Waals surface area (Å²) >= 11 is 0. The van der Waals surface area contributed by atoms with Crippen molar-refractivity contribution in [3.63, 3.8) is 0 Å². The van der Waals surface area contributed by atoms with Crippen molar-refractivity contribution in [2.45, 2.75) is 6.92 Å². The van der Waals surface area contributed by atoms with Crippen molar-refractivity contribution in [1.82, 2.24) is 0 Å². The minimum atomic E-state index is -0.545. The molecule has 1 amide bonds. The number of likely N-dealkylation sites (N-methyl/N-ethyl adjacent to an activating group) is 1. The van der Waals surface area contributed by atoms with Gasteiger partial charge in [-0.25, -0.2) is 4.79 Å². The lowest BCUT2D eigenvalue weighted by Crippen LogP contribution is -2.34. The number of anilines is 3. The minimum absolute atomic E-state index is 0.268. The van der Waals surface area contributed by atoms with Gasteiger partial charge in [0, 0.05) is 17.9 Å². The van der Waals surface area contributed by atoms with E-state index in [2.05, 4.69) is 5.32 Å². The van der Waals surface area contributed by atoms with E-state index in [0.29, 0.717) is 17.8 Å². The Kier molecular flexibility index (Phi) is 6.41. The van der Waals surface area contributed by atoms with E-state index in [1.807, 2.05) is 73.7 Å². The lowest BCUT2D eigenvalue weighted by molar-refractivity contribution is -0.121. The molecule has 0 aliphatic carbocycles. The van der Waals surface area contributed by atoms with Gasteiger partial charge in [0.25, 0.3) is 5.91 Å². The Morgan fingerprint density at radius 1 is 0.857 bits per heavy atom. The lowest BCUT2D eigenvalue weighted by atomic mass is 10.1. The normalized spacial score (nSPS) is 10.2. The number of benzene rings is 3. The van der Waals surface area contributed by atoms with Crippen LogP contribution in [0.25, 0.3) is 0 Å². The molecule has 0 fully saturated rings. The number of ether oxygens (including phenoxy) is 1. The summed E-state index contributed by atoms with van der Waals surface area (Å²) in [5.41, 5.74) is 2.64. The highest BCUT2D eigenvalue weighted by molar-refractivity contribution is 5.99. The SMILES string of the molecule is CCN(C(=O)COC(=O)c1ccccc1Nc1ccccc1)c1ccccc1. The standard InChI is InChI=1S/C23H22N2O3/c1-2-25(19-13-7-4-8-14-19)22(26)17-28-23(27)20-15-9-10-16-21(20)24-18-11-5-3-6-12-18/h3-16,24H,2,17H2,1H3. The molecule has 0 spiro atoms. The smallest absolute Gasteiger partial charge is 0.340 e. The van der Waals surface area contributed by atoms with E-state index < -0.39 is 5.97 Å². The van der Waals surface area contributed by atoms with E-state index in [4.69, 9.17) is 4.74 Å². The van der Waals surface area contributed by atoms with Crippen molar-refractivity contribution in [2.75, 3.05) is 23.4 Å². The van der Waals surface area contributed by atoms with Gasteiger partial charge in [0.2, 0.25) is 0 Å². The second kappa shape index (κ2) is 9.37. The Balaban J connectivity index is 1.67. The van der Waals surface area contributed by atoms with Gasteiger partial charge in [-0.3, -0.25) is 4.79 Å². The van der Waals surface area contributed by atoms with Crippen LogP contribution in [0, 0.1) is 0 Å². The molecule has 3 rings (SSSR count). The summed E-state index contributed by atoms with van der Waals surface area (Å²) in [4.78, 5) is 26.7. The number of para-hydroxylation sites is 3. The first kappa shape index (κ1) is 19.2. The fraction of sp³-hybridized carbons (Fsp3) is 0.130. The van der Waals surface area contributed by atoms with E-state index in [-0.39, 0.29) is 12.5 Å². The van der Waals surface area contributed by atoms with Crippen LogP contribution in [-0.4, -0.2) is 25.0 Å². The van der Waals surface area contributed by atoms with Crippen LogP contribution >= 0.6 is 0 Å². The van der Waals surface area contributed by atoms with Crippen LogP contribution < -0.4 is 10.2 Å². The summed E-state index contributed by atoms with van der Waals surface area (Å²) in [6.45, 7) is 2.06. The Morgan fingerprint density at radius 3 is 2.14 bits per heavy atom. The molecule has 0 saturated carbocycles. The molecule has 0 aliphatic rings. The topological polar surface area (TPSA) is 58.6 Å². The van der Waals surface area contributed by atoms with Gasteiger partial charge >= 0.3 is 5.97 Å². The molecule has 1 N–H and O–H groups in total. The predicted octanol–water partition coefficient (Wildman–Crippen LogP) is 4.64. The number of nitrogens with zero attached hydrogens (tertiary/aromatic N) is 1. The van der Waals surface area contributed by atoms with Gasteiger partial charge in [0.1, 0.15) is 0 Å². The van der Waals surface area contributed by atoms with Crippen LogP contribution in [0.3, 0.4) is 0 Å². The molecular formula is C23H22N2O3. The molecule has 3 aromatic rings. The van der Waals surface area contributed by atoms with Crippen molar-refractivity contribution in [2.24, 2.45) is 0 Å². The Bertz CT molecular complexity index is 927. The third-order valence-corrected chi connectivity index (χ3v) is 4.21. The van der Waals surface area contributed by atoms with Crippen LogP contribution in [0.15, 0.2) is 84.9 Å². The average molecular weight is 374 g/mol. The van der Waals surface area contributed by atoms with E-state index in [1.54, 1.807) is 23.1 Å². The number of nitrogens with one attached hydrogen (secondary N) is 1. The van der Waals surface area contributed by atoms with Crippen molar-refractivity contribution >= 4 is 28.9 Å². The fourth-order valence-corrected chi connectivity index (χ4v) is 2.84. The lowest BCUT2D eigenvalue weighted by Gasteiger charge is -2.21. The van der Waals surface area contributed by atoms with Gasteiger partial charge in [0.15, 0.2) is 6.61 Å². The second-order valence-corrected chi connectivity index (χ2v) is 6.09. The number of esters is 1. The highest BCUT2D eigenvalue weighted by Crippen LogP contribution is 2.21. The summed E-state index contributed by atoms with van der Waals surface area (Å²) in [7, 11) is 0. The fourth-order valence-electron chi connectivity index (χ4n) is 2.84. The molecule has 0 saturated heterocycles. The molecule has 5 heteroatoms. The molecule has 0 aliphatic heterocycles. The van der Waals surface area contributed by atoms with E-state index in [1.165, 1.54) is 0 Å². The van der Waals surface area contributed by atoms with Gasteiger partial charge in [-0.05, 0) is 43.3 Å². The summed E-state index contributed by atoms with van der Waals surface area (Å²) in [6, 6.07) is 25.9.